The van der Waals surface area contributed by atoms with Crippen LogP contribution in [0.4, 0.5) is 0 Å². The maximum absolute atomic E-state index is 5.75. The average molecular weight is 194 g/mol. The molecule has 1 aromatic heterocycles. The van der Waals surface area contributed by atoms with Crippen molar-refractivity contribution in [3.05, 3.63) is 17.3 Å². The molecule has 2 rings (SSSR count). The van der Waals surface area contributed by atoms with Gasteiger partial charge in [0, 0.05) is 12.3 Å². The summed E-state index contributed by atoms with van der Waals surface area (Å²) in [6, 6.07) is 0. The van der Waals surface area contributed by atoms with E-state index >= 15 is 0 Å². The summed E-state index contributed by atoms with van der Waals surface area (Å²) in [5.74, 6) is 2.50. The Balaban J connectivity index is 2.14. The first-order chi connectivity index (χ1) is 6.81. The highest BCUT2D eigenvalue weighted by atomic mass is 16.4. The lowest BCUT2D eigenvalue weighted by Gasteiger charge is -2.01. The average Bonchev–Trinajstić information content (AvgIpc) is 2.76. The summed E-state index contributed by atoms with van der Waals surface area (Å²) in [5.41, 5.74) is 6.53. The third kappa shape index (κ3) is 1.82. The molecule has 1 saturated carbocycles. The predicted molar refractivity (Wildman–Crippen MR) is 55.2 cm³/mol. The Labute approximate surface area is 84.7 Å². The smallest absolute Gasteiger partial charge is 0.197 e. The van der Waals surface area contributed by atoms with E-state index in [1.807, 2.05) is 6.92 Å². The third-order valence-electron chi connectivity index (χ3n) is 2.99. The molecule has 0 bridgehead atoms. The molecule has 1 fully saturated rings. The number of hydrogen-bond acceptors (Lipinski definition) is 3. The highest BCUT2D eigenvalue weighted by Gasteiger charge is 2.22. The van der Waals surface area contributed by atoms with E-state index in [-0.39, 0.29) is 0 Å². The Morgan fingerprint density at radius 3 is 2.79 bits per heavy atom. The zero-order chi connectivity index (χ0) is 9.97. The molecule has 1 aliphatic rings. The van der Waals surface area contributed by atoms with Crippen LogP contribution in [-0.2, 0) is 6.42 Å². The van der Waals surface area contributed by atoms with Gasteiger partial charge in [0.1, 0.15) is 5.76 Å². The van der Waals surface area contributed by atoms with E-state index in [2.05, 4.69) is 4.98 Å². The van der Waals surface area contributed by atoms with Crippen molar-refractivity contribution in [2.45, 2.75) is 44.9 Å². The molecule has 3 heteroatoms. The fourth-order valence-electron chi connectivity index (χ4n) is 2.16. The van der Waals surface area contributed by atoms with Crippen LogP contribution in [0.2, 0.25) is 0 Å². The summed E-state index contributed by atoms with van der Waals surface area (Å²) < 4.78 is 5.75. The van der Waals surface area contributed by atoms with Gasteiger partial charge in [-0.1, -0.05) is 12.8 Å². The van der Waals surface area contributed by atoms with E-state index in [1.165, 1.54) is 25.7 Å². The van der Waals surface area contributed by atoms with E-state index in [0.29, 0.717) is 12.5 Å². The van der Waals surface area contributed by atoms with Gasteiger partial charge in [0.25, 0.3) is 0 Å². The molecule has 0 aliphatic heterocycles. The van der Waals surface area contributed by atoms with Crippen LogP contribution < -0.4 is 5.73 Å². The quantitative estimate of drug-likeness (QED) is 0.802. The summed E-state index contributed by atoms with van der Waals surface area (Å²) in [5, 5.41) is 0. The van der Waals surface area contributed by atoms with Crippen LogP contribution >= 0.6 is 0 Å². The number of oxazole rings is 1. The molecule has 0 saturated heterocycles. The number of aryl methyl sites for hydroxylation is 1. The topological polar surface area (TPSA) is 52.0 Å². The Bertz CT molecular complexity index is 300. The maximum Gasteiger partial charge on any atom is 0.197 e. The van der Waals surface area contributed by atoms with E-state index in [4.69, 9.17) is 10.2 Å². The van der Waals surface area contributed by atoms with Crippen LogP contribution in [0.1, 0.15) is 48.9 Å². The lowest BCUT2D eigenvalue weighted by Crippen LogP contribution is -2.02. The molecule has 14 heavy (non-hydrogen) atoms. The molecule has 0 aromatic carbocycles. The normalized spacial score (nSPS) is 17.9. The van der Waals surface area contributed by atoms with Crippen molar-refractivity contribution in [1.82, 2.24) is 4.98 Å². The van der Waals surface area contributed by atoms with Crippen LogP contribution in [0, 0.1) is 6.92 Å². The van der Waals surface area contributed by atoms with Crippen molar-refractivity contribution in [2.24, 2.45) is 5.73 Å². The molecule has 1 heterocycles. The van der Waals surface area contributed by atoms with Gasteiger partial charge in [0.2, 0.25) is 0 Å². The van der Waals surface area contributed by atoms with Crippen molar-refractivity contribution >= 4 is 0 Å². The Morgan fingerprint density at radius 1 is 1.43 bits per heavy atom. The van der Waals surface area contributed by atoms with E-state index < -0.39 is 0 Å². The van der Waals surface area contributed by atoms with E-state index in [9.17, 15) is 0 Å². The predicted octanol–water partition coefficient (Wildman–Crippen LogP) is 2.14. The minimum absolute atomic E-state index is 0.570. The molecule has 2 N–H and O–H groups in total. The Kier molecular flexibility index (Phi) is 2.87. The molecular formula is C11H18N2O. The first-order valence-corrected chi connectivity index (χ1v) is 5.47. The molecule has 3 nitrogen and oxygen atoms in total. The second-order valence-electron chi connectivity index (χ2n) is 4.08. The van der Waals surface area contributed by atoms with Crippen molar-refractivity contribution in [3.63, 3.8) is 0 Å². The molecule has 78 valence electrons. The Morgan fingerprint density at radius 2 is 2.14 bits per heavy atom. The van der Waals surface area contributed by atoms with Crippen LogP contribution in [0.3, 0.4) is 0 Å². The van der Waals surface area contributed by atoms with Gasteiger partial charge in [-0.2, -0.15) is 0 Å². The zero-order valence-electron chi connectivity index (χ0n) is 8.75. The van der Waals surface area contributed by atoms with Crippen LogP contribution in [0.15, 0.2) is 4.42 Å². The first-order valence-electron chi connectivity index (χ1n) is 5.47. The minimum Gasteiger partial charge on any atom is -0.445 e. The zero-order valence-corrected chi connectivity index (χ0v) is 8.75. The standard InChI is InChI=1S/C11H18N2O/c1-8-10(6-7-12)14-11(13-8)9-4-2-3-5-9/h9H,2-7,12H2,1H3. The van der Waals surface area contributed by atoms with Gasteiger partial charge < -0.3 is 10.2 Å². The largest absolute Gasteiger partial charge is 0.445 e. The fourth-order valence-corrected chi connectivity index (χ4v) is 2.16. The fraction of sp³-hybridized carbons (Fsp3) is 0.727. The number of nitrogens with zero attached hydrogens (tertiary/aromatic N) is 1. The number of nitrogens with two attached hydrogens (primary N) is 1. The lowest BCUT2D eigenvalue weighted by atomic mass is 10.1. The number of hydrogen-bond donors (Lipinski definition) is 1. The molecule has 0 unspecified atom stereocenters. The van der Waals surface area contributed by atoms with Gasteiger partial charge >= 0.3 is 0 Å². The Hall–Kier alpha value is -0.830. The summed E-state index contributed by atoms with van der Waals surface area (Å²) in [7, 11) is 0. The molecule has 1 aliphatic carbocycles. The van der Waals surface area contributed by atoms with Crippen LogP contribution in [-0.4, -0.2) is 11.5 Å². The monoisotopic (exact) mass is 194 g/mol. The van der Waals surface area contributed by atoms with Gasteiger partial charge in [-0.15, -0.1) is 0 Å². The summed E-state index contributed by atoms with van der Waals surface area (Å²) in [6.45, 7) is 2.65. The van der Waals surface area contributed by atoms with Crippen LogP contribution in [0.25, 0.3) is 0 Å². The van der Waals surface area contributed by atoms with Gasteiger partial charge in [-0.25, -0.2) is 4.98 Å². The molecule has 0 radical (unpaired) electrons. The highest BCUT2D eigenvalue weighted by molar-refractivity contribution is 5.11. The number of aromatic nitrogens is 1. The van der Waals surface area contributed by atoms with Gasteiger partial charge in [0.05, 0.1) is 5.69 Å². The van der Waals surface area contributed by atoms with Crippen molar-refractivity contribution in [2.75, 3.05) is 6.54 Å². The van der Waals surface area contributed by atoms with Crippen molar-refractivity contribution in [3.8, 4) is 0 Å². The van der Waals surface area contributed by atoms with Crippen molar-refractivity contribution in [1.29, 1.82) is 0 Å². The van der Waals surface area contributed by atoms with E-state index in [1.54, 1.807) is 0 Å². The molecule has 0 amide bonds. The second kappa shape index (κ2) is 4.13. The summed E-state index contributed by atoms with van der Waals surface area (Å²) in [6.07, 6.45) is 5.92. The molecule has 1 aromatic rings. The van der Waals surface area contributed by atoms with Crippen molar-refractivity contribution < 1.29 is 4.42 Å². The van der Waals surface area contributed by atoms with Gasteiger partial charge in [-0.3, -0.25) is 0 Å². The minimum atomic E-state index is 0.570. The molecule has 0 atom stereocenters. The van der Waals surface area contributed by atoms with Gasteiger partial charge in [-0.05, 0) is 26.3 Å². The lowest BCUT2D eigenvalue weighted by molar-refractivity contribution is 0.419. The van der Waals surface area contributed by atoms with E-state index in [0.717, 1.165) is 23.8 Å². The van der Waals surface area contributed by atoms with Crippen LogP contribution in [0.5, 0.6) is 0 Å². The number of rotatable bonds is 3. The second-order valence-corrected chi connectivity index (χ2v) is 4.08. The summed E-state index contributed by atoms with van der Waals surface area (Å²) >= 11 is 0. The third-order valence-corrected chi connectivity index (χ3v) is 2.99. The molecule has 0 spiro atoms. The summed E-state index contributed by atoms with van der Waals surface area (Å²) in [4.78, 5) is 4.49. The SMILES string of the molecule is Cc1nc(C2CCCC2)oc1CCN. The first kappa shape index (κ1) is 9.71. The highest BCUT2D eigenvalue weighted by Crippen LogP contribution is 2.34. The molecular weight excluding hydrogens is 176 g/mol. The van der Waals surface area contributed by atoms with Gasteiger partial charge in [0.15, 0.2) is 5.89 Å². The maximum atomic E-state index is 5.75.